The molecule has 5 heteroatoms. The number of hydrogen-bond donors (Lipinski definition) is 2. The Hall–Kier alpha value is -1.88. The van der Waals surface area contributed by atoms with Crippen molar-refractivity contribution in [1.29, 1.82) is 0 Å². The maximum atomic E-state index is 13.1. The number of aliphatic hydroxyl groups is 1. The first-order valence-corrected chi connectivity index (χ1v) is 7.36. The van der Waals surface area contributed by atoms with E-state index in [4.69, 9.17) is 16.3 Å². The van der Waals surface area contributed by atoms with Gasteiger partial charge in [-0.2, -0.15) is 0 Å². The summed E-state index contributed by atoms with van der Waals surface area (Å²) >= 11 is 5.93. The molecule has 3 rings (SSSR count). The molecular formula is C17H16ClNO3. The second-order valence-corrected chi connectivity index (χ2v) is 5.74. The summed E-state index contributed by atoms with van der Waals surface area (Å²) in [5.41, 5.74) is -0.0653. The second kappa shape index (κ2) is 5.72. The van der Waals surface area contributed by atoms with Crippen LogP contribution in [0.15, 0.2) is 48.5 Å². The van der Waals surface area contributed by atoms with Gasteiger partial charge >= 0.3 is 0 Å². The zero-order chi connectivity index (χ0) is 15.7. The van der Waals surface area contributed by atoms with E-state index in [0.29, 0.717) is 21.9 Å². The molecule has 1 heterocycles. The molecule has 22 heavy (non-hydrogen) atoms. The Kier molecular flexibility index (Phi) is 3.91. The quantitative estimate of drug-likeness (QED) is 0.912. The lowest BCUT2D eigenvalue weighted by Crippen LogP contribution is -2.57. The summed E-state index contributed by atoms with van der Waals surface area (Å²) in [4.78, 5) is 13.1. The number of benzene rings is 2. The average molecular weight is 318 g/mol. The third-order valence-corrected chi connectivity index (χ3v) is 4.26. The first-order chi connectivity index (χ1) is 10.6. The molecule has 0 amide bonds. The molecule has 2 unspecified atom stereocenters. The molecule has 1 aliphatic rings. The maximum absolute atomic E-state index is 13.1. The minimum atomic E-state index is -1.27. The Balaban J connectivity index is 2.18. The fourth-order valence-electron chi connectivity index (χ4n) is 2.90. The van der Waals surface area contributed by atoms with Gasteiger partial charge in [0, 0.05) is 11.6 Å². The SMILES string of the molecule is CNCC1(c2ccc(Cl)cc2)C(=O)c2ccccc2OC1O. The predicted octanol–water partition coefficient (Wildman–Crippen LogP) is 2.39. The number of rotatable bonds is 3. The molecule has 0 aromatic heterocycles. The number of ketones is 1. The number of para-hydroxylation sites is 1. The van der Waals surface area contributed by atoms with Crippen LogP contribution < -0.4 is 10.1 Å². The first-order valence-electron chi connectivity index (χ1n) is 6.99. The molecule has 0 radical (unpaired) electrons. The molecule has 0 aliphatic carbocycles. The van der Waals surface area contributed by atoms with Crippen LogP contribution in [0.5, 0.6) is 5.75 Å². The van der Waals surface area contributed by atoms with Crippen molar-refractivity contribution in [3.8, 4) is 5.75 Å². The Morgan fingerprint density at radius 3 is 2.59 bits per heavy atom. The molecular weight excluding hydrogens is 302 g/mol. The number of carbonyl (C=O) groups is 1. The van der Waals surface area contributed by atoms with E-state index >= 15 is 0 Å². The van der Waals surface area contributed by atoms with Crippen LogP contribution in [0.2, 0.25) is 5.02 Å². The third kappa shape index (κ3) is 2.20. The molecule has 0 saturated heterocycles. The van der Waals surface area contributed by atoms with Crippen LogP contribution in [0.3, 0.4) is 0 Å². The van der Waals surface area contributed by atoms with E-state index in [1.807, 2.05) is 0 Å². The Morgan fingerprint density at radius 1 is 1.23 bits per heavy atom. The van der Waals surface area contributed by atoms with Gasteiger partial charge in [0.05, 0.1) is 5.56 Å². The second-order valence-electron chi connectivity index (χ2n) is 5.30. The van der Waals surface area contributed by atoms with Gasteiger partial charge in [0.2, 0.25) is 6.29 Å². The van der Waals surface area contributed by atoms with E-state index in [9.17, 15) is 9.90 Å². The highest BCUT2D eigenvalue weighted by atomic mass is 35.5. The molecule has 0 bridgehead atoms. The van der Waals surface area contributed by atoms with Crippen molar-refractivity contribution in [2.45, 2.75) is 11.7 Å². The van der Waals surface area contributed by atoms with Crippen molar-refractivity contribution in [3.05, 3.63) is 64.7 Å². The molecule has 0 spiro atoms. The largest absolute Gasteiger partial charge is 0.463 e. The summed E-state index contributed by atoms with van der Waals surface area (Å²) in [6.07, 6.45) is -1.27. The van der Waals surface area contributed by atoms with Crippen LogP contribution in [0, 0.1) is 0 Å². The number of hydrogen-bond acceptors (Lipinski definition) is 4. The first kappa shape index (κ1) is 15.0. The third-order valence-electron chi connectivity index (χ3n) is 4.01. The van der Waals surface area contributed by atoms with Crippen LogP contribution in [0.4, 0.5) is 0 Å². The van der Waals surface area contributed by atoms with Gasteiger partial charge in [-0.05, 0) is 36.9 Å². The van der Waals surface area contributed by atoms with Gasteiger partial charge < -0.3 is 15.2 Å². The fourth-order valence-corrected chi connectivity index (χ4v) is 3.03. The summed E-state index contributed by atoms with van der Waals surface area (Å²) in [5, 5.41) is 14.1. The smallest absolute Gasteiger partial charge is 0.215 e. The number of carbonyl (C=O) groups excluding carboxylic acids is 1. The number of Topliss-reactive ketones (excluding diaryl/α,β-unsaturated/α-hetero) is 1. The summed E-state index contributed by atoms with van der Waals surface area (Å²) < 4.78 is 5.62. The molecule has 2 atom stereocenters. The lowest BCUT2D eigenvalue weighted by molar-refractivity contribution is -0.0736. The van der Waals surface area contributed by atoms with Crippen molar-refractivity contribution in [3.63, 3.8) is 0 Å². The zero-order valence-electron chi connectivity index (χ0n) is 12.0. The summed E-state index contributed by atoms with van der Waals surface area (Å²) in [6, 6.07) is 13.8. The number of halogens is 1. The van der Waals surface area contributed by atoms with E-state index < -0.39 is 11.7 Å². The van der Waals surface area contributed by atoms with Gasteiger partial charge in [0.25, 0.3) is 0 Å². The highest BCUT2D eigenvalue weighted by molar-refractivity contribution is 6.30. The van der Waals surface area contributed by atoms with Gasteiger partial charge in [-0.3, -0.25) is 4.79 Å². The summed E-state index contributed by atoms with van der Waals surface area (Å²) in [5.74, 6) is 0.235. The van der Waals surface area contributed by atoms with E-state index in [0.717, 1.165) is 0 Å². The molecule has 2 aromatic carbocycles. The number of fused-ring (bicyclic) bond motifs is 1. The molecule has 1 aliphatic heterocycles. The normalized spacial score (nSPS) is 23.8. The lowest BCUT2D eigenvalue weighted by atomic mass is 9.72. The average Bonchev–Trinajstić information content (AvgIpc) is 2.52. The Morgan fingerprint density at radius 2 is 1.91 bits per heavy atom. The molecule has 2 N–H and O–H groups in total. The molecule has 0 fully saturated rings. The number of nitrogens with one attached hydrogen (secondary N) is 1. The van der Waals surface area contributed by atoms with Gasteiger partial charge in [-0.15, -0.1) is 0 Å². The summed E-state index contributed by atoms with van der Waals surface area (Å²) in [6.45, 7) is 0.253. The number of aliphatic hydroxyl groups excluding tert-OH is 1. The molecule has 4 nitrogen and oxygen atoms in total. The van der Waals surface area contributed by atoms with E-state index in [1.54, 1.807) is 55.6 Å². The molecule has 2 aromatic rings. The maximum Gasteiger partial charge on any atom is 0.215 e. The fraction of sp³-hybridized carbons (Fsp3) is 0.235. The van der Waals surface area contributed by atoms with E-state index in [2.05, 4.69) is 5.32 Å². The van der Waals surface area contributed by atoms with E-state index in [-0.39, 0.29) is 12.3 Å². The standard InChI is InChI=1S/C17H16ClNO3/c1-19-10-17(11-6-8-12(18)9-7-11)15(20)13-4-2-3-5-14(13)22-16(17)21/h2-9,16,19,21H,10H2,1H3. The van der Waals surface area contributed by atoms with Crippen LogP contribution in [-0.4, -0.2) is 30.8 Å². The monoisotopic (exact) mass is 317 g/mol. The lowest BCUT2D eigenvalue weighted by Gasteiger charge is -2.40. The zero-order valence-corrected chi connectivity index (χ0v) is 12.8. The Labute approximate surface area is 133 Å². The van der Waals surface area contributed by atoms with Gasteiger partial charge in [0.15, 0.2) is 5.78 Å². The van der Waals surface area contributed by atoms with Crippen molar-refractivity contribution in [2.75, 3.05) is 13.6 Å². The van der Waals surface area contributed by atoms with Gasteiger partial charge in [0.1, 0.15) is 11.2 Å². The number of ether oxygens (including phenoxy) is 1. The van der Waals surface area contributed by atoms with E-state index in [1.165, 1.54) is 0 Å². The van der Waals surface area contributed by atoms with Gasteiger partial charge in [-0.25, -0.2) is 0 Å². The van der Waals surface area contributed by atoms with Crippen LogP contribution in [0.25, 0.3) is 0 Å². The van der Waals surface area contributed by atoms with Crippen molar-refractivity contribution >= 4 is 17.4 Å². The topological polar surface area (TPSA) is 58.6 Å². The minimum Gasteiger partial charge on any atom is -0.463 e. The van der Waals surface area contributed by atoms with Crippen molar-refractivity contribution < 1.29 is 14.6 Å². The molecule has 114 valence electrons. The van der Waals surface area contributed by atoms with Crippen molar-refractivity contribution in [2.24, 2.45) is 0 Å². The predicted molar refractivity (Wildman–Crippen MR) is 84.5 cm³/mol. The van der Waals surface area contributed by atoms with Gasteiger partial charge in [-0.1, -0.05) is 35.9 Å². The minimum absolute atomic E-state index is 0.168. The number of likely N-dealkylation sites (N-methyl/N-ethyl adjacent to an activating group) is 1. The highest BCUT2D eigenvalue weighted by Crippen LogP contribution is 2.40. The Bertz CT molecular complexity index is 701. The van der Waals surface area contributed by atoms with Crippen LogP contribution in [-0.2, 0) is 5.41 Å². The molecule has 0 saturated carbocycles. The van der Waals surface area contributed by atoms with Crippen LogP contribution >= 0.6 is 11.6 Å². The highest BCUT2D eigenvalue weighted by Gasteiger charge is 2.51. The summed E-state index contributed by atoms with van der Waals surface area (Å²) in [7, 11) is 1.73. The van der Waals surface area contributed by atoms with Crippen molar-refractivity contribution in [1.82, 2.24) is 5.32 Å². The van der Waals surface area contributed by atoms with Crippen LogP contribution in [0.1, 0.15) is 15.9 Å².